The lowest BCUT2D eigenvalue weighted by Crippen LogP contribution is -2.41. The van der Waals surface area contributed by atoms with E-state index < -0.39 is 10.0 Å². The molecule has 1 N–H and O–H groups in total. The topological polar surface area (TPSA) is 84.3 Å². The maximum absolute atomic E-state index is 12.7. The third kappa shape index (κ3) is 3.84. The van der Waals surface area contributed by atoms with Crippen LogP contribution in [0.25, 0.3) is 0 Å². The quantitative estimate of drug-likeness (QED) is 0.833. The van der Waals surface area contributed by atoms with Crippen LogP contribution in [0.4, 0.5) is 5.82 Å². The third-order valence-corrected chi connectivity index (χ3v) is 7.71. The number of carbonyl (C=O) groups is 1. The van der Waals surface area contributed by atoms with Gasteiger partial charge >= 0.3 is 0 Å². The van der Waals surface area contributed by atoms with E-state index in [1.165, 1.54) is 17.1 Å². The van der Waals surface area contributed by atoms with Gasteiger partial charge in [0.05, 0.1) is 17.1 Å². The van der Waals surface area contributed by atoms with Gasteiger partial charge in [0.15, 0.2) is 0 Å². The van der Waals surface area contributed by atoms with E-state index in [0.717, 1.165) is 18.7 Å². The molecule has 1 aromatic carbocycles. The minimum atomic E-state index is -3.49. The summed E-state index contributed by atoms with van der Waals surface area (Å²) in [4.78, 5) is 13.0. The van der Waals surface area contributed by atoms with Crippen molar-refractivity contribution in [3.05, 3.63) is 42.6 Å². The molecule has 0 spiro atoms. The van der Waals surface area contributed by atoms with E-state index in [9.17, 15) is 13.2 Å². The summed E-state index contributed by atoms with van der Waals surface area (Å²) in [5.74, 6) is 0.516. The normalized spacial score (nSPS) is 19.7. The van der Waals surface area contributed by atoms with Crippen LogP contribution in [-0.2, 0) is 14.8 Å². The van der Waals surface area contributed by atoms with Crippen molar-refractivity contribution >= 4 is 21.7 Å². The molecule has 1 aromatic heterocycles. The largest absolute Gasteiger partial charge is 0.311 e. The van der Waals surface area contributed by atoms with E-state index in [2.05, 4.69) is 10.4 Å². The zero-order valence-corrected chi connectivity index (χ0v) is 16.6. The molecule has 8 heteroatoms. The Bertz CT molecular complexity index is 912. The predicted molar refractivity (Wildman–Crippen MR) is 106 cm³/mol. The van der Waals surface area contributed by atoms with E-state index >= 15 is 0 Å². The lowest BCUT2D eigenvalue weighted by atomic mass is 9.97. The fourth-order valence-electron chi connectivity index (χ4n) is 4.18. The Hall–Kier alpha value is -2.19. The number of amides is 1. The number of hydrogen-bond donors (Lipinski definition) is 1. The van der Waals surface area contributed by atoms with Crippen LogP contribution in [-0.4, -0.2) is 41.5 Å². The van der Waals surface area contributed by atoms with E-state index in [4.69, 9.17) is 0 Å². The Morgan fingerprint density at radius 3 is 2.36 bits per heavy atom. The van der Waals surface area contributed by atoms with Crippen LogP contribution >= 0.6 is 0 Å². The van der Waals surface area contributed by atoms with Crippen molar-refractivity contribution in [3.8, 4) is 0 Å². The summed E-state index contributed by atoms with van der Waals surface area (Å²) < 4.78 is 28.9. The molecule has 1 aliphatic carbocycles. The first-order valence-corrected chi connectivity index (χ1v) is 11.4. The fourth-order valence-corrected chi connectivity index (χ4v) is 5.67. The molecule has 1 aliphatic heterocycles. The summed E-state index contributed by atoms with van der Waals surface area (Å²) in [5, 5.41) is 7.40. The predicted octanol–water partition coefficient (Wildman–Crippen LogP) is 3.04. The van der Waals surface area contributed by atoms with Crippen molar-refractivity contribution in [3.63, 3.8) is 0 Å². The lowest BCUT2D eigenvalue weighted by molar-refractivity contribution is -0.121. The molecule has 0 bridgehead atoms. The van der Waals surface area contributed by atoms with Crippen LogP contribution in [0.15, 0.2) is 47.5 Å². The molecule has 7 nitrogen and oxygen atoms in total. The lowest BCUT2D eigenvalue weighted by Gasteiger charge is -2.30. The molecule has 0 unspecified atom stereocenters. The molecule has 2 heterocycles. The van der Waals surface area contributed by atoms with Crippen LogP contribution in [0.1, 0.15) is 44.6 Å². The van der Waals surface area contributed by atoms with Gasteiger partial charge in [0.25, 0.3) is 0 Å². The van der Waals surface area contributed by atoms with E-state index in [1.807, 2.05) is 10.7 Å². The van der Waals surface area contributed by atoms with Gasteiger partial charge in [-0.2, -0.15) is 9.40 Å². The van der Waals surface area contributed by atoms with Gasteiger partial charge in [0, 0.05) is 25.1 Å². The summed E-state index contributed by atoms with van der Waals surface area (Å²) in [5.41, 5.74) is 0. The van der Waals surface area contributed by atoms with Gasteiger partial charge < -0.3 is 5.32 Å². The van der Waals surface area contributed by atoms with Gasteiger partial charge in [0.1, 0.15) is 5.82 Å². The second-order valence-electron chi connectivity index (χ2n) is 7.58. The average Bonchev–Trinajstić information content (AvgIpc) is 3.40. The fraction of sp³-hybridized carbons (Fsp3) is 0.500. The first kappa shape index (κ1) is 19.1. The van der Waals surface area contributed by atoms with Crippen molar-refractivity contribution in [2.45, 2.75) is 49.5 Å². The molecule has 4 rings (SSSR count). The SMILES string of the molecule is O=C(Nc1ccnn1C1CCCC1)C1CCN(S(=O)(=O)c2ccccc2)CC1. The molecule has 28 heavy (non-hydrogen) atoms. The number of benzene rings is 1. The van der Waals surface area contributed by atoms with E-state index in [1.54, 1.807) is 36.5 Å². The summed E-state index contributed by atoms with van der Waals surface area (Å²) >= 11 is 0. The van der Waals surface area contributed by atoms with Crippen LogP contribution in [0.5, 0.6) is 0 Å². The van der Waals surface area contributed by atoms with Crippen molar-refractivity contribution in [2.24, 2.45) is 5.92 Å². The standard InChI is InChI=1S/C20H26N4O3S/c25-20(22-19-10-13-21-24(19)17-6-4-5-7-17)16-11-14-23(15-12-16)28(26,27)18-8-2-1-3-9-18/h1-3,8-10,13,16-17H,4-7,11-12,14-15H2,(H,22,25). The Balaban J connectivity index is 1.37. The van der Waals surface area contributed by atoms with Crippen LogP contribution in [0, 0.1) is 5.92 Å². The van der Waals surface area contributed by atoms with Crippen molar-refractivity contribution < 1.29 is 13.2 Å². The minimum absolute atomic E-state index is 0.0449. The zero-order valence-electron chi connectivity index (χ0n) is 15.8. The summed E-state index contributed by atoms with van der Waals surface area (Å²) in [6.45, 7) is 0.717. The van der Waals surface area contributed by atoms with Crippen LogP contribution in [0.3, 0.4) is 0 Å². The molecular formula is C20H26N4O3S. The van der Waals surface area contributed by atoms with Gasteiger partial charge in [-0.3, -0.25) is 4.79 Å². The first-order chi connectivity index (χ1) is 13.6. The molecule has 0 atom stereocenters. The number of sulfonamides is 1. The number of nitrogens with zero attached hydrogens (tertiary/aromatic N) is 3. The van der Waals surface area contributed by atoms with Crippen molar-refractivity contribution in [2.75, 3.05) is 18.4 Å². The van der Waals surface area contributed by atoms with Gasteiger partial charge in [-0.25, -0.2) is 13.1 Å². The number of nitrogens with one attached hydrogen (secondary N) is 1. The molecule has 1 amide bonds. The number of piperidine rings is 1. The zero-order chi connectivity index (χ0) is 19.6. The molecule has 2 aromatic rings. The Morgan fingerprint density at radius 1 is 1.00 bits per heavy atom. The van der Waals surface area contributed by atoms with E-state index in [0.29, 0.717) is 36.9 Å². The van der Waals surface area contributed by atoms with Crippen LogP contribution in [0.2, 0.25) is 0 Å². The maximum Gasteiger partial charge on any atom is 0.243 e. The second kappa shape index (κ2) is 8.05. The number of carbonyl (C=O) groups excluding carboxylic acids is 1. The van der Waals surface area contributed by atoms with Gasteiger partial charge in [-0.15, -0.1) is 0 Å². The minimum Gasteiger partial charge on any atom is -0.311 e. The van der Waals surface area contributed by atoms with Gasteiger partial charge in [-0.1, -0.05) is 31.0 Å². The maximum atomic E-state index is 12.7. The number of anilines is 1. The molecule has 150 valence electrons. The number of rotatable bonds is 5. The molecule has 0 radical (unpaired) electrons. The summed E-state index contributed by atoms with van der Waals surface area (Å²) in [6.07, 6.45) is 7.37. The Kier molecular flexibility index (Phi) is 5.50. The highest BCUT2D eigenvalue weighted by molar-refractivity contribution is 7.89. The van der Waals surface area contributed by atoms with E-state index in [-0.39, 0.29) is 11.8 Å². The summed E-state index contributed by atoms with van der Waals surface area (Å²) in [7, 11) is -3.49. The second-order valence-corrected chi connectivity index (χ2v) is 9.52. The highest BCUT2D eigenvalue weighted by Gasteiger charge is 2.32. The molecule has 1 saturated carbocycles. The molecule has 1 saturated heterocycles. The summed E-state index contributed by atoms with van der Waals surface area (Å²) in [6, 6.07) is 10.7. The van der Waals surface area contributed by atoms with Gasteiger partial charge in [0.2, 0.25) is 15.9 Å². The smallest absolute Gasteiger partial charge is 0.243 e. The molecule has 2 aliphatic rings. The Morgan fingerprint density at radius 2 is 1.68 bits per heavy atom. The van der Waals surface area contributed by atoms with Crippen molar-refractivity contribution in [1.82, 2.24) is 14.1 Å². The monoisotopic (exact) mass is 402 g/mol. The average molecular weight is 403 g/mol. The highest BCUT2D eigenvalue weighted by atomic mass is 32.2. The number of aromatic nitrogens is 2. The number of hydrogen-bond acceptors (Lipinski definition) is 4. The first-order valence-electron chi connectivity index (χ1n) is 9.95. The Labute approximate surface area is 165 Å². The molecule has 2 fully saturated rings. The van der Waals surface area contributed by atoms with Gasteiger partial charge in [-0.05, 0) is 37.8 Å². The van der Waals surface area contributed by atoms with Crippen molar-refractivity contribution in [1.29, 1.82) is 0 Å². The van der Waals surface area contributed by atoms with Crippen LogP contribution < -0.4 is 5.32 Å². The third-order valence-electron chi connectivity index (χ3n) is 5.80. The highest BCUT2D eigenvalue weighted by Crippen LogP contribution is 2.31. The molecular weight excluding hydrogens is 376 g/mol.